The molecule has 0 saturated carbocycles. The van der Waals surface area contributed by atoms with Crippen LogP contribution in [0.1, 0.15) is 65.8 Å². The summed E-state index contributed by atoms with van der Waals surface area (Å²) in [7, 11) is 0. The first-order valence-corrected chi connectivity index (χ1v) is 16.7. The molecule has 9 nitrogen and oxygen atoms in total. The van der Waals surface area contributed by atoms with Crippen LogP contribution >= 0.6 is 23.1 Å². The Balaban J connectivity index is 1.32. The van der Waals surface area contributed by atoms with E-state index in [1.165, 1.54) is 0 Å². The number of aliphatic hydroxyl groups excluding tert-OH is 1. The molecule has 2 heterocycles. The fraction of sp³-hybridized carbons (Fsp3) is 0.353. The summed E-state index contributed by atoms with van der Waals surface area (Å²) in [6, 6.07) is 23.9. The Morgan fingerprint density at radius 1 is 0.956 bits per heavy atom. The zero-order valence-corrected chi connectivity index (χ0v) is 26.9. The van der Waals surface area contributed by atoms with Gasteiger partial charge in [-0.1, -0.05) is 103 Å². The standard InChI is InChI=1S/C34H37N3O6S2/c1-21-29(20-44-34-37-36-22(2)45-34)42-33(43-32(21)25-12-10-23(19-38)11-13-25)26-16-14-24(15-17-26)28-7-4-3-6-27(28)18-35-30(39)8-5-9-31(40)41/h3-4,6-7,10-17,21,29,32-33,38H,5,8-9,18-20H2,1-2H3,(H,35,39)(H,40,41)/t21-,29+,32+,33+/m0/s1. The number of carboxylic acid groups (broad SMARTS) is 1. The van der Waals surface area contributed by atoms with Crippen molar-refractivity contribution in [3.8, 4) is 11.1 Å². The van der Waals surface area contributed by atoms with Crippen LogP contribution in [0.3, 0.4) is 0 Å². The molecule has 5 rings (SSSR count). The van der Waals surface area contributed by atoms with E-state index in [4.69, 9.17) is 14.6 Å². The number of rotatable bonds is 13. The van der Waals surface area contributed by atoms with Crippen LogP contribution in [0.5, 0.6) is 0 Å². The van der Waals surface area contributed by atoms with Gasteiger partial charge in [0.25, 0.3) is 0 Å². The lowest BCUT2D eigenvalue weighted by atomic mass is 9.91. The lowest BCUT2D eigenvalue weighted by Crippen LogP contribution is -2.38. The van der Waals surface area contributed by atoms with E-state index in [1.54, 1.807) is 23.1 Å². The summed E-state index contributed by atoms with van der Waals surface area (Å²) < 4.78 is 14.1. The molecular formula is C34H37N3O6S2. The Hall–Kier alpha value is -3.61. The number of aliphatic hydroxyl groups is 1. The summed E-state index contributed by atoms with van der Waals surface area (Å²) in [5.74, 6) is -0.306. The summed E-state index contributed by atoms with van der Waals surface area (Å²) in [6.45, 7) is 4.42. The smallest absolute Gasteiger partial charge is 0.303 e. The lowest BCUT2D eigenvalue weighted by Gasteiger charge is -2.41. The first-order valence-electron chi connectivity index (χ1n) is 14.9. The third kappa shape index (κ3) is 8.77. The number of benzene rings is 3. The van der Waals surface area contributed by atoms with Gasteiger partial charge in [-0.2, -0.15) is 0 Å². The van der Waals surface area contributed by atoms with Crippen LogP contribution in [0.25, 0.3) is 11.1 Å². The third-order valence-electron chi connectivity index (χ3n) is 7.78. The molecule has 1 amide bonds. The van der Waals surface area contributed by atoms with Crippen LogP contribution < -0.4 is 5.32 Å². The van der Waals surface area contributed by atoms with Crippen molar-refractivity contribution in [2.24, 2.45) is 5.92 Å². The number of aryl methyl sites for hydroxylation is 1. The molecule has 0 spiro atoms. The second kappa shape index (κ2) is 15.6. The van der Waals surface area contributed by atoms with E-state index < -0.39 is 12.3 Å². The van der Waals surface area contributed by atoms with Crippen LogP contribution in [0.15, 0.2) is 77.1 Å². The molecule has 3 aromatic carbocycles. The van der Waals surface area contributed by atoms with E-state index in [1.807, 2.05) is 79.7 Å². The number of carboxylic acids is 1. The van der Waals surface area contributed by atoms with E-state index in [9.17, 15) is 14.7 Å². The van der Waals surface area contributed by atoms with Gasteiger partial charge < -0.3 is 25.0 Å². The molecule has 0 radical (unpaired) electrons. The fourth-order valence-corrected chi connectivity index (χ4v) is 7.26. The van der Waals surface area contributed by atoms with Gasteiger partial charge in [-0.05, 0) is 41.2 Å². The number of hydrogen-bond acceptors (Lipinski definition) is 9. The number of hydrogen-bond donors (Lipinski definition) is 3. The van der Waals surface area contributed by atoms with Crippen molar-refractivity contribution < 1.29 is 29.3 Å². The summed E-state index contributed by atoms with van der Waals surface area (Å²) in [4.78, 5) is 23.0. The molecule has 11 heteroatoms. The van der Waals surface area contributed by atoms with Gasteiger partial charge in [0, 0.05) is 36.6 Å². The largest absolute Gasteiger partial charge is 0.481 e. The van der Waals surface area contributed by atoms with Crippen LogP contribution in [0, 0.1) is 12.8 Å². The van der Waals surface area contributed by atoms with Crippen LogP contribution in [-0.4, -0.2) is 44.1 Å². The molecule has 1 aliphatic rings. The Labute approximate surface area is 271 Å². The van der Waals surface area contributed by atoms with Gasteiger partial charge in [-0.15, -0.1) is 10.2 Å². The topological polar surface area (TPSA) is 131 Å². The normalized spacial score (nSPS) is 19.7. The number of carbonyl (C=O) groups is 2. The maximum atomic E-state index is 12.3. The average Bonchev–Trinajstić information content (AvgIpc) is 3.48. The number of aromatic nitrogens is 2. The highest BCUT2D eigenvalue weighted by atomic mass is 32.2. The van der Waals surface area contributed by atoms with Crippen molar-refractivity contribution in [2.45, 2.75) is 69.1 Å². The molecule has 4 aromatic rings. The molecule has 0 unspecified atom stereocenters. The molecule has 1 saturated heterocycles. The van der Waals surface area contributed by atoms with E-state index >= 15 is 0 Å². The molecule has 4 atom stereocenters. The van der Waals surface area contributed by atoms with Crippen LogP contribution in [-0.2, 0) is 32.2 Å². The average molecular weight is 648 g/mol. The Morgan fingerprint density at radius 2 is 1.69 bits per heavy atom. The molecule has 45 heavy (non-hydrogen) atoms. The van der Waals surface area contributed by atoms with Gasteiger partial charge in [0.1, 0.15) is 5.01 Å². The summed E-state index contributed by atoms with van der Waals surface area (Å²) in [6.07, 6.45) is -0.444. The monoisotopic (exact) mass is 647 g/mol. The highest BCUT2D eigenvalue weighted by molar-refractivity contribution is 8.01. The van der Waals surface area contributed by atoms with Crippen molar-refractivity contribution in [1.29, 1.82) is 0 Å². The third-order valence-corrected chi connectivity index (χ3v) is 9.84. The van der Waals surface area contributed by atoms with Crippen molar-refractivity contribution in [3.63, 3.8) is 0 Å². The first kappa shape index (κ1) is 32.8. The van der Waals surface area contributed by atoms with E-state index in [-0.39, 0.29) is 43.5 Å². The highest BCUT2D eigenvalue weighted by Crippen LogP contribution is 2.43. The Kier molecular flexibility index (Phi) is 11.4. The zero-order chi connectivity index (χ0) is 31.8. The summed E-state index contributed by atoms with van der Waals surface area (Å²) in [5, 5.41) is 30.6. The van der Waals surface area contributed by atoms with Gasteiger partial charge in [0.2, 0.25) is 5.91 Å². The second-order valence-electron chi connectivity index (χ2n) is 11.0. The van der Waals surface area contributed by atoms with Crippen molar-refractivity contribution >= 4 is 35.0 Å². The predicted octanol–water partition coefficient (Wildman–Crippen LogP) is 6.46. The maximum absolute atomic E-state index is 12.3. The second-order valence-corrected chi connectivity index (χ2v) is 13.5. The molecule has 0 bridgehead atoms. The number of thioether (sulfide) groups is 1. The Morgan fingerprint density at radius 3 is 2.38 bits per heavy atom. The number of carbonyl (C=O) groups excluding carboxylic acids is 1. The number of aliphatic carboxylic acids is 1. The van der Waals surface area contributed by atoms with Gasteiger partial charge in [-0.25, -0.2) is 0 Å². The molecule has 3 N–H and O–H groups in total. The number of amides is 1. The van der Waals surface area contributed by atoms with Gasteiger partial charge >= 0.3 is 5.97 Å². The summed E-state index contributed by atoms with van der Waals surface area (Å²) >= 11 is 3.21. The first-order chi connectivity index (χ1) is 21.8. The minimum Gasteiger partial charge on any atom is -0.481 e. The van der Waals surface area contributed by atoms with Crippen molar-refractivity contribution in [3.05, 3.63) is 100 Å². The molecule has 1 aliphatic heterocycles. The van der Waals surface area contributed by atoms with E-state index in [0.29, 0.717) is 18.7 Å². The molecular weight excluding hydrogens is 611 g/mol. The minimum absolute atomic E-state index is 0.0116. The highest BCUT2D eigenvalue weighted by Gasteiger charge is 2.38. The lowest BCUT2D eigenvalue weighted by molar-refractivity contribution is -0.268. The van der Waals surface area contributed by atoms with E-state index in [2.05, 4.69) is 22.4 Å². The summed E-state index contributed by atoms with van der Waals surface area (Å²) in [5.41, 5.74) is 5.73. The predicted molar refractivity (Wildman–Crippen MR) is 174 cm³/mol. The quantitative estimate of drug-likeness (QED) is 0.140. The van der Waals surface area contributed by atoms with Gasteiger partial charge in [0.15, 0.2) is 10.6 Å². The molecule has 0 aliphatic carbocycles. The Bertz CT molecular complexity index is 1580. The molecule has 1 aromatic heterocycles. The number of ether oxygens (including phenoxy) is 2. The van der Waals surface area contributed by atoms with Gasteiger partial charge in [-0.3, -0.25) is 9.59 Å². The minimum atomic E-state index is -0.903. The molecule has 236 valence electrons. The number of nitrogens with zero attached hydrogens (tertiary/aromatic N) is 2. The fourth-order valence-electron chi connectivity index (χ4n) is 5.26. The number of nitrogens with one attached hydrogen (secondary N) is 1. The van der Waals surface area contributed by atoms with Crippen molar-refractivity contribution in [1.82, 2.24) is 15.5 Å². The molecule has 1 fully saturated rings. The van der Waals surface area contributed by atoms with Gasteiger partial charge in [0.05, 0.1) is 18.8 Å². The van der Waals surface area contributed by atoms with Crippen molar-refractivity contribution in [2.75, 3.05) is 5.75 Å². The zero-order valence-electron chi connectivity index (χ0n) is 25.2. The van der Waals surface area contributed by atoms with Crippen LogP contribution in [0.2, 0.25) is 0 Å². The SMILES string of the molecule is Cc1nnc(SC[C@H]2O[C@@H](c3ccc(-c4ccccc4CNC(=O)CCCC(=O)O)cc3)O[C@@H](c3ccc(CO)cc3)[C@H]2C)s1. The van der Waals surface area contributed by atoms with E-state index in [0.717, 1.165) is 42.7 Å². The van der Waals surface area contributed by atoms with Crippen LogP contribution in [0.4, 0.5) is 0 Å². The maximum Gasteiger partial charge on any atom is 0.303 e.